The fourth-order valence-corrected chi connectivity index (χ4v) is 2.33. The first kappa shape index (κ1) is 20.2. The maximum Gasteiger partial charge on any atom is 0.245 e. The molecule has 22 heavy (non-hydrogen) atoms. The summed E-state index contributed by atoms with van der Waals surface area (Å²) in [6.07, 6.45) is 4.44. The molecule has 1 aromatic carbocycles. The summed E-state index contributed by atoms with van der Waals surface area (Å²) in [6, 6.07) is 9.10. The molecule has 0 unspecified atom stereocenters. The molecule has 7 heteroatoms. The van der Waals surface area contributed by atoms with Crippen molar-refractivity contribution in [3.05, 3.63) is 40.8 Å². The van der Waals surface area contributed by atoms with Gasteiger partial charge in [-0.25, -0.2) is 5.43 Å². The Labute approximate surface area is 136 Å². The van der Waals surface area contributed by atoms with Crippen molar-refractivity contribution in [3.8, 4) is 0 Å². The lowest BCUT2D eigenvalue weighted by Crippen LogP contribution is -2.31. The van der Waals surface area contributed by atoms with E-state index in [0.717, 1.165) is 37.5 Å². The molecule has 0 aromatic heterocycles. The highest BCUT2D eigenvalue weighted by molar-refractivity contribution is 5.85. The first-order valence-electron chi connectivity index (χ1n) is 7.03. The number of carbonyl (C=O) groups is 2. The minimum absolute atomic E-state index is 0. The number of benzene rings is 1. The first-order chi connectivity index (χ1) is 10.2. The van der Waals surface area contributed by atoms with Crippen LogP contribution in [0.15, 0.2) is 35.6 Å². The van der Waals surface area contributed by atoms with E-state index in [2.05, 4.69) is 5.29 Å². The van der Waals surface area contributed by atoms with Crippen molar-refractivity contribution in [2.45, 2.75) is 25.7 Å². The zero-order valence-corrected chi connectivity index (χ0v) is 13.1. The number of nitrogens with zero attached hydrogens (tertiary/aromatic N) is 1. The van der Waals surface area contributed by atoms with Crippen LogP contribution in [0.25, 0.3) is 0 Å². The Bertz CT molecular complexity index is 449. The van der Waals surface area contributed by atoms with E-state index >= 15 is 0 Å². The fourth-order valence-electron chi connectivity index (χ4n) is 2.33. The fraction of sp³-hybridized carbons (Fsp3) is 0.467. The average Bonchev–Trinajstić information content (AvgIpc) is 2.56. The molecule has 1 fully saturated rings. The highest BCUT2D eigenvalue weighted by atomic mass is 35.5. The zero-order chi connectivity index (χ0) is 15.5. The van der Waals surface area contributed by atoms with E-state index in [-0.39, 0.29) is 24.2 Å². The van der Waals surface area contributed by atoms with Crippen LogP contribution < -0.4 is 11.2 Å². The van der Waals surface area contributed by atoms with E-state index in [9.17, 15) is 14.5 Å². The molecule has 0 bridgehead atoms. The summed E-state index contributed by atoms with van der Waals surface area (Å²) in [4.78, 5) is 30.9. The Kier molecular flexibility index (Phi) is 10.9. The summed E-state index contributed by atoms with van der Waals surface area (Å²) in [6.45, 7) is 0.695. The molecule has 2 rings (SSSR count). The van der Waals surface area contributed by atoms with Gasteiger partial charge in [-0.3, -0.25) is 9.59 Å². The third-order valence-electron chi connectivity index (χ3n) is 3.64. The van der Waals surface area contributed by atoms with Gasteiger partial charge >= 0.3 is 0 Å². The molecule has 1 saturated carbocycles. The Morgan fingerprint density at radius 1 is 1.23 bits per heavy atom. The Morgan fingerprint density at radius 2 is 1.82 bits per heavy atom. The van der Waals surface area contributed by atoms with Crippen molar-refractivity contribution in [2.24, 2.45) is 22.9 Å². The Morgan fingerprint density at radius 3 is 2.23 bits per heavy atom. The number of hydrogen-bond acceptors (Lipinski definition) is 5. The van der Waals surface area contributed by atoms with Gasteiger partial charge in [-0.2, -0.15) is 0 Å². The lowest BCUT2D eigenvalue weighted by Gasteiger charge is -2.25. The van der Waals surface area contributed by atoms with Gasteiger partial charge in [-0.15, -0.1) is 17.3 Å². The largest absolute Gasteiger partial charge is 0.330 e. The maximum absolute atomic E-state index is 11.2. The molecule has 0 saturated heterocycles. The average molecular weight is 328 g/mol. The number of hydrogen-bond donors (Lipinski definition) is 2. The molecule has 122 valence electrons. The lowest BCUT2D eigenvalue weighted by molar-refractivity contribution is -0.126. The van der Waals surface area contributed by atoms with Gasteiger partial charge in [0, 0.05) is 11.5 Å². The van der Waals surface area contributed by atoms with Crippen LogP contribution in [0.1, 0.15) is 36.0 Å². The quantitative estimate of drug-likeness (QED) is 0.504. The van der Waals surface area contributed by atoms with Crippen LogP contribution in [0.3, 0.4) is 0 Å². The third kappa shape index (κ3) is 7.28. The van der Waals surface area contributed by atoms with Crippen LogP contribution >= 0.6 is 12.4 Å². The van der Waals surface area contributed by atoms with Crippen molar-refractivity contribution in [1.82, 2.24) is 5.43 Å². The molecule has 1 aliphatic carbocycles. The van der Waals surface area contributed by atoms with Gasteiger partial charge in [0.25, 0.3) is 0 Å². The number of nitroso groups, excluding NO2 is 1. The van der Waals surface area contributed by atoms with Crippen molar-refractivity contribution < 1.29 is 9.59 Å². The molecular formula is C15H22ClN3O3. The predicted molar refractivity (Wildman–Crippen MR) is 87.5 cm³/mol. The number of aldehydes is 1. The normalized spacial score (nSPS) is 19.7. The van der Waals surface area contributed by atoms with Gasteiger partial charge < -0.3 is 5.73 Å². The number of carbonyl (C=O) groups excluding carboxylic acids is 2. The van der Waals surface area contributed by atoms with Crippen LogP contribution in [-0.2, 0) is 4.79 Å². The van der Waals surface area contributed by atoms with Crippen molar-refractivity contribution >= 4 is 24.6 Å². The molecule has 0 spiro atoms. The van der Waals surface area contributed by atoms with Crippen LogP contribution in [0, 0.1) is 16.7 Å². The highest BCUT2D eigenvalue weighted by Crippen LogP contribution is 2.27. The summed E-state index contributed by atoms with van der Waals surface area (Å²) in [7, 11) is 0. The minimum Gasteiger partial charge on any atom is -0.330 e. The SMILES string of the molecule is Cl.NC[C@H]1CC[C@H](C(=O)NN=O)CC1.O=Cc1ccccc1. The highest BCUT2D eigenvalue weighted by Gasteiger charge is 2.25. The van der Waals surface area contributed by atoms with Crippen LogP contribution in [-0.4, -0.2) is 18.7 Å². The van der Waals surface area contributed by atoms with E-state index in [1.54, 1.807) is 12.1 Å². The van der Waals surface area contributed by atoms with Gasteiger partial charge in [0.1, 0.15) is 6.29 Å². The Balaban J connectivity index is 0.000000423. The summed E-state index contributed by atoms with van der Waals surface area (Å²) in [5.41, 5.74) is 8.19. The smallest absolute Gasteiger partial charge is 0.245 e. The number of rotatable bonds is 4. The third-order valence-corrected chi connectivity index (χ3v) is 3.64. The lowest BCUT2D eigenvalue weighted by atomic mass is 9.82. The van der Waals surface area contributed by atoms with Crippen molar-refractivity contribution in [2.75, 3.05) is 6.54 Å². The minimum atomic E-state index is -0.245. The molecule has 1 aliphatic rings. The van der Waals surface area contributed by atoms with Crippen molar-refractivity contribution in [1.29, 1.82) is 0 Å². The second kappa shape index (κ2) is 11.8. The maximum atomic E-state index is 11.2. The van der Waals surface area contributed by atoms with Gasteiger partial charge in [-0.1, -0.05) is 30.3 Å². The number of amides is 1. The second-order valence-electron chi connectivity index (χ2n) is 5.05. The molecule has 0 atom stereocenters. The van der Waals surface area contributed by atoms with Gasteiger partial charge in [0.05, 0.1) is 5.29 Å². The zero-order valence-electron chi connectivity index (χ0n) is 12.3. The molecule has 6 nitrogen and oxygen atoms in total. The van der Waals surface area contributed by atoms with Crippen LogP contribution in [0.2, 0.25) is 0 Å². The van der Waals surface area contributed by atoms with E-state index in [4.69, 9.17) is 5.73 Å². The molecule has 1 aromatic rings. The summed E-state index contributed by atoms with van der Waals surface area (Å²) in [5, 5.41) is 2.38. The summed E-state index contributed by atoms with van der Waals surface area (Å²) >= 11 is 0. The molecule has 0 heterocycles. The van der Waals surface area contributed by atoms with Gasteiger partial charge in [-0.05, 0) is 38.1 Å². The topological polar surface area (TPSA) is 102 Å². The molecule has 1 amide bonds. The molecular weight excluding hydrogens is 306 g/mol. The molecule has 0 aliphatic heterocycles. The monoisotopic (exact) mass is 327 g/mol. The van der Waals surface area contributed by atoms with Gasteiger partial charge in [0.15, 0.2) is 0 Å². The van der Waals surface area contributed by atoms with E-state index in [0.29, 0.717) is 12.5 Å². The first-order valence-corrected chi connectivity index (χ1v) is 7.03. The number of nitrogens with two attached hydrogens (primary N) is 1. The standard InChI is InChI=1S/C8H15N3O2.C7H6O.ClH/c9-5-6-1-3-7(4-2-6)8(12)10-11-13;8-6-7-4-2-1-3-5-7;/h6-7H,1-5,9H2,(H,10,12,13);1-6H;1H/t6-,7-;;. The second-order valence-corrected chi connectivity index (χ2v) is 5.05. The molecule has 0 radical (unpaired) electrons. The summed E-state index contributed by atoms with van der Waals surface area (Å²) < 4.78 is 0. The number of nitrogens with one attached hydrogen (secondary N) is 1. The summed E-state index contributed by atoms with van der Waals surface area (Å²) in [5.74, 6) is 0.263. The van der Waals surface area contributed by atoms with Crippen LogP contribution in [0.4, 0.5) is 0 Å². The van der Waals surface area contributed by atoms with E-state index in [1.165, 1.54) is 0 Å². The molecule has 3 N–H and O–H groups in total. The predicted octanol–water partition coefficient (Wildman–Crippen LogP) is 2.47. The van der Waals surface area contributed by atoms with E-state index in [1.807, 2.05) is 23.6 Å². The Hall–Kier alpha value is -1.79. The van der Waals surface area contributed by atoms with Crippen molar-refractivity contribution in [3.63, 3.8) is 0 Å². The van der Waals surface area contributed by atoms with Crippen LogP contribution in [0.5, 0.6) is 0 Å². The van der Waals surface area contributed by atoms with Gasteiger partial charge in [0.2, 0.25) is 5.91 Å². The van der Waals surface area contributed by atoms with E-state index < -0.39 is 0 Å². The number of halogens is 1.